The average Bonchev–Trinajstić information content (AvgIpc) is 3.12. The summed E-state index contributed by atoms with van der Waals surface area (Å²) in [5.41, 5.74) is -0.355. The zero-order valence-corrected chi connectivity index (χ0v) is 10.5. The third kappa shape index (κ3) is 3.47. The highest BCUT2D eigenvalue weighted by Crippen LogP contribution is 2.30. The van der Waals surface area contributed by atoms with E-state index in [4.69, 9.17) is 0 Å². The Morgan fingerprint density at radius 1 is 1.38 bits per heavy atom. The van der Waals surface area contributed by atoms with E-state index in [-0.39, 0.29) is 5.54 Å². The van der Waals surface area contributed by atoms with E-state index in [0.29, 0.717) is 6.04 Å². The fourth-order valence-electron chi connectivity index (χ4n) is 2.21. The molecule has 2 saturated carbocycles. The zero-order chi connectivity index (χ0) is 11.6. The Balaban J connectivity index is 1.84. The van der Waals surface area contributed by atoms with E-state index in [1.807, 2.05) is 6.92 Å². The summed E-state index contributed by atoms with van der Waals surface area (Å²) in [6.45, 7) is 7.34. The van der Waals surface area contributed by atoms with Crippen LogP contribution in [0.25, 0.3) is 0 Å². The van der Waals surface area contributed by atoms with E-state index in [9.17, 15) is 5.26 Å². The van der Waals surface area contributed by atoms with Gasteiger partial charge in [0, 0.05) is 19.1 Å². The molecule has 0 aromatic heterocycles. The highest BCUT2D eigenvalue weighted by Gasteiger charge is 2.34. The second-order valence-electron chi connectivity index (χ2n) is 5.63. The fraction of sp³-hybridized carbons (Fsp3) is 0.923. The maximum atomic E-state index is 9.32. The first-order chi connectivity index (χ1) is 7.65. The van der Waals surface area contributed by atoms with Crippen LogP contribution in [-0.4, -0.2) is 36.1 Å². The van der Waals surface area contributed by atoms with Gasteiger partial charge < -0.3 is 4.90 Å². The quantitative estimate of drug-likeness (QED) is 0.712. The Kier molecular flexibility index (Phi) is 3.51. The number of nitriles is 1. The highest BCUT2D eigenvalue weighted by molar-refractivity contribution is 5.09. The van der Waals surface area contributed by atoms with Crippen molar-refractivity contribution in [3.8, 4) is 6.07 Å². The minimum absolute atomic E-state index is 0.355. The van der Waals surface area contributed by atoms with Crippen LogP contribution >= 0.6 is 0 Å². The minimum Gasteiger partial charge on any atom is -0.300 e. The molecular weight excluding hydrogens is 198 g/mol. The standard InChI is InChI=1S/C13H23N3/c1-3-16(8-11-4-5-11)10-13(2,9-14)15-12-6-7-12/h11-12,15H,3-8,10H2,1-2H3. The molecule has 90 valence electrons. The summed E-state index contributed by atoms with van der Waals surface area (Å²) in [6.07, 6.45) is 5.25. The summed E-state index contributed by atoms with van der Waals surface area (Å²) >= 11 is 0. The van der Waals surface area contributed by atoms with Crippen molar-refractivity contribution in [3.05, 3.63) is 0 Å². The van der Waals surface area contributed by atoms with Gasteiger partial charge in [0.2, 0.25) is 0 Å². The third-order valence-electron chi connectivity index (χ3n) is 3.55. The van der Waals surface area contributed by atoms with Gasteiger partial charge in [0.25, 0.3) is 0 Å². The molecule has 0 spiro atoms. The van der Waals surface area contributed by atoms with Crippen molar-refractivity contribution >= 4 is 0 Å². The van der Waals surface area contributed by atoms with Crippen LogP contribution < -0.4 is 5.32 Å². The molecule has 1 N–H and O–H groups in total. The van der Waals surface area contributed by atoms with Crippen molar-refractivity contribution in [2.24, 2.45) is 5.92 Å². The SMILES string of the molecule is CCN(CC1CC1)CC(C)(C#N)NC1CC1. The lowest BCUT2D eigenvalue weighted by atomic mass is 10.0. The average molecular weight is 221 g/mol. The lowest BCUT2D eigenvalue weighted by Crippen LogP contribution is -2.51. The Morgan fingerprint density at radius 2 is 2.06 bits per heavy atom. The van der Waals surface area contributed by atoms with Crippen LogP contribution in [-0.2, 0) is 0 Å². The Bertz CT molecular complexity index is 275. The molecule has 2 aliphatic rings. The van der Waals surface area contributed by atoms with Gasteiger partial charge in [0.05, 0.1) is 6.07 Å². The van der Waals surface area contributed by atoms with Gasteiger partial charge in [0.1, 0.15) is 5.54 Å². The molecule has 0 saturated heterocycles. The first kappa shape index (κ1) is 11.9. The van der Waals surface area contributed by atoms with Crippen LogP contribution in [0.1, 0.15) is 39.5 Å². The lowest BCUT2D eigenvalue weighted by Gasteiger charge is -2.30. The fourth-order valence-corrected chi connectivity index (χ4v) is 2.21. The van der Waals surface area contributed by atoms with E-state index in [1.165, 1.54) is 32.2 Å². The van der Waals surface area contributed by atoms with Gasteiger partial charge in [-0.15, -0.1) is 0 Å². The maximum Gasteiger partial charge on any atom is 0.116 e. The first-order valence-electron chi connectivity index (χ1n) is 6.56. The van der Waals surface area contributed by atoms with Gasteiger partial charge in [-0.1, -0.05) is 6.92 Å². The van der Waals surface area contributed by atoms with Gasteiger partial charge in [0.15, 0.2) is 0 Å². The molecule has 0 aromatic rings. The largest absolute Gasteiger partial charge is 0.300 e. The molecule has 2 fully saturated rings. The zero-order valence-electron chi connectivity index (χ0n) is 10.5. The van der Waals surface area contributed by atoms with E-state index in [1.54, 1.807) is 0 Å². The topological polar surface area (TPSA) is 39.1 Å². The summed E-state index contributed by atoms with van der Waals surface area (Å²) in [5, 5.41) is 12.8. The highest BCUT2D eigenvalue weighted by atomic mass is 15.2. The molecule has 2 rings (SSSR count). The molecule has 0 aliphatic heterocycles. The van der Waals surface area contributed by atoms with Crippen molar-refractivity contribution in [1.29, 1.82) is 5.26 Å². The summed E-state index contributed by atoms with van der Waals surface area (Å²) in [4.78, 5) is 2.43. The van der Waals surface area contributed by atoms with Crippen LogP contribution in [0.4, 0.5) is 0 Å². The summed E-state index contributed by atoms with van der Waals surface area (Å²) in [6, 6.07) is 3.06. The van der Waals surface area contributed by atoms with Crippen LogP contribution in [0.3, 0.4) is 0 Å². The number of hydrogen-bond acceptors (Lipinski definition) is 3. The summed E-state index contributed by atoms with van der Waals surface area (Å²) in [7, 11) is 0. The van der Waals surface area contributed by atoms with Crippen molar-refractivity contribution in [2.45, 2.75) is 51.1 Å². The van der Waals surface area contributed by atoms with Gasteiger partial charge >= 0.3 is 0 Å². The minimum atomic E-state index is -0.355. The molecule has 0 bridgehead atoms. The molecule has 0 radical (unpaired) electrons. The molecule has 0 heterocycles. The van der Waals surface area contributed by atoms with Gasteiger partial charge in [-0.2, -0.15) is 5.26 Å². The van der Waals surface area contributed by atoms with E-state index >= 15 is 0 Å². The molecule has 0 aromatic carbocycles. The number of likely N-dealkylation sites (N-methyl/N-ethyl adjacent to an activating group) is 1. The number of rotatable bonds is 7. The van der Waals surface area contributed by atoms with E-state index in [2.05, 4.69) is 23.2 Å². The van der Waals surface area contributed by atoms with Gasteiger partial charge in [-0.05, 0) is 45.1 Å². The molecule has 1 unspecified atom stereocenters. The Hall–Kier alpha value is -0.590. The van der Waals surface area contributed by atoms with Crippen LogP contribution in [0.2, 0.25) is 0 Å². The number of nitrogens with zero attached hydrogens (tertiary/aromatic N) is 2. The van der Waals surface area contributed by atoms with Crippen molar-refractivity contribution in [3.63, 3.8) is 0 Å². The summed E-state index contributed by atoms with van der Waals surface area (Å²) < 4.78 is 0. The van der Waals surface area contributed by atoms with E-state index < -0.39 is 0 Å². The number of nitrogens with one attached hydrogen (secondary N) is 1. The molecule has 3 heteroatoms. The molecule has 1 atom stereocenters. The lowest BCUT2D eigenvalue weighted by molar-refractivity contribution is 0.220. The number of hydrogen-bond donors (Lipinski definition) is 1. The molecular formula is C13H23N3. The predicted octanol–water partition coefficient (Wildman–Crippen LogP) is 1.75. The maximum absolute atomic E-state index is 9.32. The normalized spacial score (nSPS) is 24.1. The monoisotopic (exact) mass is 221 g/mol. The van der Waals surface area contributed by atoms with Crippen LogP contribution in [0, 0.1) is 17.2 Å². The van der Waals surface area contributed by atoms with Crippen LogP contribution in [0.15, 0.2) is 0 Å². The molecule has 0 amide bonds. The third-order valence-corrected chi connectivity index (χ3v) is 3.55. The van der Waals surface area contributed by atoms with Gasteiger partial charge in [-0.3, -0.25) is 5.32 Å². The molecule has 3 nitrogen and oxygen atoms in total. The second-order valence-corrected chi connectivity index (χ2v) is 5.63. The van der Waals surface area contributed by atoms with Crippen molar-refractivity contribution < 1.29 is 0 Å². The Labute approximate surface area is 98.8 Å². The first-order valence-corrected chi connectivity index (χ1v) is 6.56. The second kappa shape index (κ2) is 4.73. The van der Waals surface area contributed by atoms with Crippen molar-refractivity contribution in [2.75, 3.05) is 19.6 Å². The van der Waals surface area contributed by atoms with Crippen molar-refractivity contribution in [1.82, 2.24) is 10.2 Å². The molecule has 16 heavy (non-hydrogen) atoms. The molecule has 2 aliphatic carbocycles. The predicted molar refractivity (Wildman–Crippen MR) is 65.0 cm³/mol. The summed E-state index contributed by atoms with van der Waals surface area (Å²) in [5.74, 6) is 0.906. The Morgan fingerprint density at radius 3 is 2.50 bits per heavy atom. The smallest absolute Gasteiger partial charge is 0.116 e. The van der Waals surface area contributed by atoms with Crippen LogP contribution in [0.5, 0.6) is 0 Å². The van der Waals surface area contributed by atoms with Gasteiger partial charge in [-0.25, -0.2) is 0 Å². The van der Waals surface area contributed by atoms with E-state index in [0.717, 1.165) is 19.0 Å².